The minimum absolute atomic E-state index is 0. The number of anilines is 1. The number of pyridine rings is 1. The summed E-state index contributed by atoms with van der Waals surface area (Å²) in [5.74, 6) is 0.917. The molecule has 0 atom stereocenters. The van der Waals surface area contributed by atoms with E-state index >= 15 is 0 Å². The van der Waals surface area contributed by atoms with Crippen LogP contribution in [0.3, 0.4) is 0 Å². The lowest BCUT2D eigenvalue weighted by Crippen LogP contribution is -2.31. The topological polar surface area (TPSA) is 57.3 Å². The Balaban J connectivity index is 0.00000200. The molecular formula is C14H24Cl2N4O. The van der Waals surface area contributed by atoms with Gasteiger partial charge in [-0.2, -0.15) is 0 Å². The maximum absolute atomic E-state index is 11.8. The van der Waals surface area contributed by atoms with E-state index < -0.39 is 0 Å². The van der Waals surface area contributed by atoms with Crippen LogP contribution in [-0.2, 0) is 0 Å². The number of likely N-dealkylation sites (N-methyl/N-ethyl adjacent to an activating group) is 1. The van der Waals surface area contributed by atoms with Gasteiger partial charge < -0.3 is 15.5 Å². The average Bonchev–Trinajstić information content (AvgIpc) is 2.98. The molecule has 7 heteroatoms. The lowest BCUT2D eigenvalue weighted by molar-refractivity contribution is 0.0953. The second-order valence-electron chi connectivity index (χ2n) is 4.71. The first kappa shape index (κ1) is 20.0. The van der Waals surface area contributed by atoms with E-state index in [1.54, 1.807) is 6.20 Å². The normalized spacial score (nSPS) is 13.3. The summed E-state index contributed by atoms with van der Waals surface area (Å²) in [6, 6.07) is 3.79. The highest BCUT2D eigenvalue weighted by Crippen LogP contribution is 2.17. The second kappa shape index (κ2) is 10.7. The third kappa shape index (κ3) is 6.08. The summed E-state index contributed by atoms with van der Waals surface area (Å²) in [7, 11) is 0. The van der Waals surface area contributed by atoms with Crippen molar-refractivity contribution in [2.45, 2.75) is 19.8 Å². The fourth-order valence-corrected chi connectivity index (χ4v) is 2.20. The van der Waals surface area contributed by atoms with E-state index in [-0.39, 0.29) is 30.7 Å². The molecule has 0 aromatic carbocycles. The highest BCUT2D eigenvalue weighted by molar-refractivity contribution is 5.94. The number of hydrogen-bond acceptors (Lipinski definition) is 4. The first-order valence-electron chi connectivity index (χ1n) is 7.01. The lowest BCUT2D eigenvalue weighted by Gasteiger charge is -2.16. The summed E-state index contributed by atoms with van der Waals surface area (Å²) in [6.07, 6.45) is 4.12. The van der Waals surface area contributed by atoms with Crippen molar-refractivity contribution in [1.29, 1.82) is 0 Å². The van der Waals surface area contributed by atoms with E-state index in [2.05, 4.69) is 20.5 Å². The van der Waals surface area contributed by atoms with Gasteiger partial charge in [-0.25, -0.2) is 4.98 Å². The highest BCUT2D eigenvalue weighted by atomic mass is 35.5. The van der Waals surface area contributed by atoms with E-state index in [9.17, 15) is 4.79 Å². The zero-order valence-electron chi connectivity index (χ0n) is 12.3. The van der Waals surface area contributed by atoms with Crippen molar-refractivity contribution in [1.82, 2.24) is 15.6 Å². The molecule has 0 radical (unpaired) electrons. The Morgan fingerprint density at radius 2 is 1.95 bits per heavy atom. The van der Waals surface area contributed by atoms with Crippen LogP contribution in [0.25, 0.3) is 0 Å². The number of carbonyl (C=O) groups is 1. The van der Waals surface area contributed by atoms with Crippen LogP contribution in [0, 0.1) is 0 Å². The predicted octanol–water partition coefficient (Wildman–Crippen LogP) is 1.86. The number of carbonyl (C=O) groups excluding carboxylic acids is 1. The highest BCUT2D eigenvalue weighted by Gasteiger charge is 2.14. The molecule has 1 fully saturated rings. The fraction of sp³-hybridized carbons (Fsp3) is 0.571. The van der Waals surface area contributed by atoms with Gasteiger partial charge in [0.2, 0.25) is 0 Å². The molecule has 0 spiro atoms. The van der Waals surface area contributed by atoms with Crippen molar-refractivity contribution in [3.63, 3.8) is 0 Å². The monoisotopic (exact) mass is 334 g/mol. The quantitative estimate of drug-likeness (QED) is 0.780. The number of nitrogens with zero attached hydrogens (tertiary/aromatic N) is 2. The molecule has 21 heavy (non-hydrogen) atoms. The third-order valence-corrected chi connectivity index (χ3v) is 3.28. The van der Waals surface area contributed by atoms with Crippen molar-refractivity contribution in [3.05, 3.63) is 23.9 Å². The molecule has 0 saturated carbocycles. The Kier molecular flexibility index (Phi) is 10.1. The SMILES string of the molecule is CCNCCNC(=O)c1ccc(N2CCCC2)nc1.Cl.Cl. The van der Waals surface area contributed by atoms with E-state index in [1.807, 2.05) is 19.1 Å². The Bertz CT molecular complexity index is 408. The summed E-state index contributed by atoms with van der Waals surface area (Å²) >= 11 is 0. The second-order valence-corrected chi connectivity index (χ2v) is 4.71. The summed E-state index contributed by atoms with van der Waals surface area (Å²) in [5.41, 5.74) is 0.624. The molecule has 2 rings (SSSR count). The predicted molar refractivity (Wildman–Crippen MR) is 91.1 cm³/mol. The van der Waals surface area contributed by atoms with E-state index in [0.29, 0.717) is 12.1 Å². The summed E-state index contributed by atoms with van der Waals surface area (Å²) < 4.78 is 0. The molecule has 1 saturated heterocycles. The molecule has 1 aromatic rings. The first-order valence-corrected chi connectivity index (χ1v) is 7.01. The van der Waals surface area contributed by atoms with Crippen molar-refractivity contribution >= 4 is 36.5 Å². The molecule has 1 aliphatic heterocycles. The Morgan fingerprint density at radius 1 is 1.24 bits per heavy atom. The van der Waals surface area contributed by atoms with Gasteiger partial charge in [0.25, 0.3) is 5.91 Å². The van der Waals surface area contributed by atoms with Crippen LogP contribution in [0.15, 0.2) is 18.3 Å². The maximum atomic E-state index is 11.8. The molecule has 5 nitrogen and oxygen atoms in total. The molecule has 1 aromatic heterocycles. The smallest absolute Gasteiger partial charge is 0.252 e. The molecule has 0 unspecified atom stereocenters. The van der Waals surface area contributed by atoms with E-state index in [4.69, 9.17) is 0 Å². The maximum Gasteiger partial charge on any atom is 0.252 e. The first-order chi connectivity index (χ1) is 9.31. The van der Waals surface area contributed by atoms with Gasteiger partial charge in [-0.05, 0) is 31.5 Å². The molecule has 2 N–H and O–H groups in total. The molecule has 0 aliphatic carbocycles. The zero-order valence-corrected chi connectivity index (χ0v) is 13.9. The number of hydrogen-bond donors (Lipinski definition) is 2. The molecule has 0 bridgehead atoms. The van der Waals surface area contributed by atoms with Crippen LogP contribution in [0.4, 0.5) is 5.82 Å². The molecule has 1 amide bonds. The largest absolute Gasteiger partial charge is 0.357 e. The van der Waals surface area contributed by atoms with Crippen molar-refractivity contribution in [3.8, 4) is 0 Å². The molecule has 2 heterocycles. The lowest BCUT2D eigenvalue weighted by atomic mass is 10.2. The molecule has 1 aliphatic rings. The number of amides is 1. The molecular weight excluding hydrogens is 311 g/mol. The Hall–Kier alpha value is -1.04. The Labute approximate surface area is 138 Å². The van der Waals surface area contributed by atoms with Crippen molar-refractivity contribution < 1.29 is 4.79 Å². The van der Waals surface area contributed by atoms with Crippen LogP contribution in [-0.4, -0.2) is 43.6 Å². The van der Waals surface area contributed by atoms with Gasteiger partial charge in [0.1, 0.15) is 5.82 Å². The third-order valence-electron chi connectivity index (χ3n) is 3.28. The molecule has 120 valence electrons. The number of halogens is 2. The van der Waals surface area contributed by atoms with Gasteiger partial charge in [0, 0.05) is 32.4 Å². The van der Waals surface area contributed by atoms with Gasteiger partial charge in [0.15, 0.2) is 0 Å². The van der Waals surface area contributed by atoms with Gasteiger partial charge in [-0.15, -0.1) is 24.8 Å². The Morgan fingerprint density at radius 3 is 2.52 bits per heavy atom. The van der Waals surface area contributed by atoms with Crippen LogP contribution >= 0.6 is 24.8 Å². The summed E-state index contributed by atoms with van der Waals surface area (Å²) in [6.45, 7) is 6.54. The zero-order chi connectivity index (χ0) is 13.5. The van der Waals surface area contributed by atoms with Gasteiger partial charge in [0.05, 0.1) is 5.56 Å². The average molecular weight is 335 g/mol. The van der Waals surface area contributed by atoms with E-state index in [0.717, 1.165) is 32.0 Å². The van der Waals surface area contributed by atoms with Crippen LogP contribution in [0.5, 0.6) is 0 Å². The number of nitrogens with one attached hydrogen (secondary N) is 2. The summed E-state index contributed by atoms with van der Waals surface area (Å²) in [4.78, 5) is 18.5. The van der Waals surface area contributed by atoms with Crippen molar-refractivity contribution in [2.24, 2.45) is 0 Å². The van der Waals surface area contributed by atoms with Gasteiger partial charge in [-0.1, -0.05) is 6.92 Å². The number of aromatic nitrogens is 1. The summed E-state index contributed by atoms with van der Waals surface area (Å²) in [5, 5.41) is 6.03. The van der Waals surface area contributed by atoms with Crippen LogP contribution in [0.1, 0.15) is 30.1 Å². The van der Waals surface area contributed by atoms with E-state index in [1.165, 1.54) is 12.8 Å². The fourth-order valence-electron chi connectivity index (χ4n) is 2.20. The van der Waals surface area contributed by atoms with Gasteiger partial charge >= 0.3 is 0 Å². The van der Waals surface area contributed by atoms with Crippen LogP contribution < -0.4 is 15.5 Å². The van der Waals surface area contributed by atoms with Crippen molar-refractivity contribution in [2.75, 3.05) is 37.6 Å². The van der Waals surface area contributed by atoms with Crippen LogP contribution in [0.2, 0.25) is 0 Å². The minimum Gasteiger partial charge on any atom is -0.357 e. The standard InChI is InChI=1S/C14H22N4O.2ClH/c1-2-15-7-8-16-14(19)12-5-6-13(17-11-12)18-9-3-4-10-18;;/h5-6,11,15H,2-4,7-10H2,1H3,(H,16,19);2*1H. The van der Waals surface area contributed by atoms with Gasteiger partial charge in [-0.3, -0.25) is 4.79 Å². The minimum atomic E-state index is -0.0571. The number of rotatable bonds is 6.